The maximum absolute atomic E-state index is 8.92. The highest BCUT2D eigenvalue weighted by Gasteiger charge is 2.15. The van der Waals surface area contributed by atoms with E-state index in [-0.39, 0.29) is 12.5 Å². The Morgan fingerprint density at radius 1 is 1.35 bits per heavy atom. The van der Waals surface area contributed by atoms with Crippen LogP contribution in [-0.2, 0) is 6.42 Å². The van der Waals surface area contributed by atoms with Crippen LogP contribution < -0.4 is 4.90 Å². The molecule has 0 unspecified atom stereocenters. The van der Waals surface area contributed by atoms with Gasteiger partial charge in [-0.2, -0.15) is 9.97 Å². The van der Waals surface area contributed by atoms with E-state index in [4.69, 9.17) is 9.63 Å². The monoisotopic (exact) mass is 275 g/mol. The molecule has 0 radical (unpaired) electrons. The van der Waals surface area contributed by atoms with Crippen molar-refractivity contribution >= 4 is 11.7 Å². The van der Waals surface area contributed by atoms with Crippen LogP contribution in [0, 0.1) is 0 Å². The quantitative estimate of drug-likeness (QED) is 0.696. The molecule has 3 rings (SSSR count). The van der Waals surface area contributed by atoms with Crippen molar-refractivity contribution in [3.8, 4) is 11.7 Å². The lowest BCUT2D eigenvalue weighted by molar-refractivity contribution is 0.299. The van der Waals surface area contributed by atoms with Gasteiger partial charge in [0.25, 0.3) is 17.6 Å². The van der Waals surface area contributed by atoms with Crippen molar-refractivity contribution in [2.75, 3.05) is 25.6 Å². The fourth-order valence-electron chi connectivity index (χ4n) is 1.66. The minimum Gasteiger partial charge on any atom is -0.396 e. The van der Waals surface area contributed by atoms with Crippen LogP contribution in [-0.4, -0.2) is 55.5 Å². The molecule has 3 aromatic rings. The van der Waals surface area contributed by atoms with Crippen LogP contribution in [0.2, 0.25) is 0 Å². The zero-order chi connectivity index (χ0) is 14.1. The van der Waals surface area contributed by atoms with Gasteiger partial charge >= 0.3 is 0 Å². The van der Waals surface area contributed by atoms with Gasteiger partial charge in [0, 0.05) is 33.1 Å². The van der Waals surface area contributed by atoms with E-state index in [1.807, 2.05) is 14.1 Å². The summed E-state index contributed by atoms with van der Waals surface area (Å²) in [5, 5.41) is 17.0. The Balaban J connectivity index is 1.99. The molecule has 0 saturated heterocycles. The molecule has 0 amide bonds. The first-order valence-corrected chi connectivity index (χ1v) is 6.01. The molecule has 0 bridgehead atoms. The van der Waals surface area contributed by atoms with E-state index in [0.29, 0.717) is 24.0 Å². The summed E-state index contributed by atoms with van der Waals surface area (Å²) in [6.07, 6.45) is 3.94. The number of fused-ring (bicyclic) bond motifs is 1. The molecule has 3 aromatic heterocycles. The minimum atomic E-state index is 0.0601. The van der Waals surface area contributed by atoms with Gasteiger partial charge in [-0.3, -0.25) is 0 Å². The number of hydrogen-bond donors (Lipinski definition) is 1. The Kier molecular flexibility index (Phi) is 3.03. The zero-order valence-electron chi connectivity index (χ0n) is 11.1. The number of aliphatic hydroxyl groups excluding tert-OH is 1. The molecule has 3 heterocycles. The van der Waals surface area contributed by atoms with E-state index in [2.05, 4.69) is 25.2 Å². The number of aromatic nitrogens is 6. The largest absolute Gasteiger partial charge is 0.396 e. The average Bonchev–Trinajstić information content (AvgIpc) is 3.05. The van der Waals surface area contributed by atoms with Crippen molar-refractivity contribution < 1.29 is 9.63 Å². The van der Waals surface area contributed by atoms with Crippen LogP contribution in [0.5, 0.6) is 0 Å². The third-order valence-electron chi connectivity index (χ3n) is 2.65. The van der Waals surface area contributed by atoms with Crippen LogP contribution in [0.4, 0.5) is 5.95 Å². The molecule has 20 heavy (non-hydrogen) atoms. The lowest BCUT2D eigenvalue weighted by atomic mass is 10.3. The summed E-state index contributed by atoms with van der Waals surface area (Å²) < 4.78 is 6.64. The predicted molar refractivity (Wildman–Crippen MR) is 69.2 cm³/mol. The summed E-state index contributed by atoms with van der Waals surface area (Å²) in [7, 11) is 3.63. The molecule has 0 aromatic carbocycles. The molecule has 1 N–H and O–H groups in total. The highest BCUT2D eigenvalue weighted by Crippen LogP contribution is 2.16. The van der Waals surface area contributed by atoms with Crippen molar-refractivity contribution in [3.63, 3.8) is 0 Å². The fraction of sp³-hybridized carbons (Fsp3) is 0.364. The molecular weight excluding hydrogens is 262 g/mol. The van der Waals surface area contributed by atoms with Gasteiger partial charge in [-0.1, -0.05) is 0 Å². The summed E-state index contributed by atoms with van der Waals surface area (Å²) in [6.45, 7) is 0.0601. The van der Waals surface area contributed by atoms with Gasteiger partial charge in [-0.15, -0.1) is 5.10 Å². The number of hydrogen-bond acceptors (Lipinski definition) is 8. The zero-order valence-corrected chi connectivity index (χ0v) is 11.1. The standard InChI is InChI=1S/C11H13N7O2/c1-17(2)11-14-9(20-16-11)8-13-10-12-5-7(3-4-19)6-18(10)15-8/h5-6,19H,3-4H2,1-2H3. The SMILES string of the molecule is CN(C)c1noc(-c2nc3ncc(CCO)cn3n2)n1. The third kappa shape index (κ3) is 2.18. The number of aliphatic hydroxyl groups is 1. The smallest absolute Gasteiger partial charge is 0.299 e. The summed E-state index contributed by atoms with van der Waals surface area (Å²) in [5.74, 6) is 1.45. The molecule has 9 heteroatoms. The van der Waals surface area contributed by atoms with E-state index in [0.717, 1.165) is 5.56 Å². The van der Waals surface area contributed by atoms with Crippen LogP contribution in [0.3, 0.4) is 0 Å². The minimum absolute atomic E-state index is 0.0601. The van der Waals surface area contributed by atoms with Crippen LogP contribution in [0.1, 0.15) is 5.56 Å². The molecule has 0 spiro atoms. The molecule has 0 aliphatic rings. The summed E-state index contributed by atoms with van der Waals surface area (Å²) in [5.41, 5.74) is 0.871. The van der Waals surface area contributed by atoms with Gasteiger partial charge in [-0.05, 0) is 17.1 Å². The summed E-state index contributed by atoms with van der Waals surface area (Å²) in [6, 6.07) is 0. The molecule has 0 aliphatic heterocycles. The van der Waals surface area contributed by atoms with Crippen molar-refractivity contribution in [1.29, 1.82) is 0 Å². The Bertz CT molecular complexity index is 733. The van der Waals surface area contributed by atoms with E-state index in [1.165, 1.54) is 4.52 Å². The van der Waals surface area contributed by atoms with Crippen molar-refractivity contribution in [2.45, 2.75) is 6.42 Å². The number of rotatable bonds is 4. The molecule has 0 atom stereocenters. The molecule has 104 valence electrons. The number of anilines is 1. The van der Waals surface area contributed by atoms with Crippen molar-refractivity contribution in [1.82, 2.24) is 29.7 Å². The van der Waals surface area contributed by atoms with Gasteiger partial charge in [0.2, 0.25) is 5.82 Å². The first-order valence-electron chi connectivity index (χ1n) is 6.01. The lowest BCUT2D eigenvalue weighted by Crippen LogP contribution is -2.10. The van der Waals surface area contributed by atoms with Crippen LogP contribution in [0.15, 0.2) is 16.9 Å². The third-order valence-corrected chi connectivity index (χ3v) is 2.65. The van der Waals surface area contributed by atoms with Gasteiger partial charge in [-0.25, -0.2) is 9.50 Å². The number of nitrogens with zero attached hydrogens (tertiary/aromatic N) is 7. The second-order valence-electron chi connectivity index (χ2n) is 4.41. The Morgan fingerprint density at radius 2 is 2.20 bits per heavy atom. The average molecular weight is 275 g/mol. The second kappa shape index (κ2) is 4.85. The second-order valence-corrected chi connectivity index (χ2v) is 4.41. The van der Waals surface area contributed by atoms with E-state index in [1.54, 1.807) is 17.3 Å². The van der Waals surface area contributed by atoms with Crippen LogP contribution >= 0.6 is 0 Å². The van der Waals surface area contributed by atoms with E-state index < -0.39 is 0 Å². The molecular formula is C11H13N7O2. The highest BCUT2D eigenvalue weighted by atomic mass is 16.5. The first-order chi connectivity index (χ1) is 9.67. The topological polar surface area (TPSA) is 105 Å². The normalized spacial score (nSPS) is 11.2. The first kappa shape index (κ1) is 12.5. The van der Waals surface area contributed by atoms with Crippen molar-refractivity contribution in [3.05, 3.63) is 18.0 Å². The van der Waals surface area contributed by atoms with Crippen LogP contribution in [0.25, 0.3) is 17.5 Å². The Hall–Kier alpha value is -2.55. The molecule has 0 fully saturated rings. The van der Waals surface area contributed by atoms with Gasteiger partial charge < -0.3 is 14.5 Å². The van der Waals surface area contributed by atoms with Crippen molar-refractivity contribution in [2.24, 2.45) is 0 Å². The van der Waals surface area contributed by atoms with Gasteiger partial charge in [0.1, 0.15) is 0 Å². The van der Waals surface area contributed by atoms with Gasteiger partial charge in [0.15, 0.2) is 0 Å². The Morgan fingerprint density at radius 3 is 2.90 bits per heavy atom. The van der Waals surface area contributed by atoms with E-state index in [9.17, 15) is 0 Å². The van der Waals surface area contributed by atoms with E-state index >= 15 is 0 Å². The van der Waals surface area contributed by atoms with Gasteiger partial charge in [0.05, 0.1) is 0 Å². The maximum atomic E-state index is 8.92. The molecule has 0 saturated carbocycles. The predicted octanol–water partition coefficient (Wildman–Crippen LogP) is -0.225. The lowest BCUT2D eigenvalue weighted by Gasteiger charge is -2.01. The molecule has 0 aliphatic carbocycles. The highest BCUT2D eigenvalue weighted by molar-refractivity contribution is 5.47. The summed E-state index contributed by atoms with van der Waals surface area (Å²) >= 11 is 0. The fourth-order valence-corrected chi connectivity index (χ4v) is 1.66. The summed E-state index contributed by atoms with van der Waals surface area (Å²) in [4.78, 5) is 14.3. The Labute approximate surface area is 113 Å². The maximum Gasteiger partial charge on any atom is 0.299 e. The molecule has 9 nitrogen and oxygen atoms in total.